The summed E-state index contributed by atoms with van der Waals surface area (Å²) in [5.74, 6) is -1.76. The van der Waals surface area contributed by atoms with E-state index in [-0.39, 0.29) is 11.3 Å². The molecule has 0 radical (unpaired) electrons. The maximum absolute atomic E-state index is 13.3. The molecule has 0 saturated carbocycles. The molecule has 5 nitrogen and oxygen atoms in total. The molecule has 0 saturated heterocycles. The van der Waals surface area contributed by atoms with Crippen LogP contribution in [-0.4, -0.2) is 16.8 Å². The number of para-hydroxylation sites is 1. The SMILES string of the molecule is O=C(NNC(=O)c1ccc2ccccc2n1)c1cc(F)cc(Br)c1. The van der Waals surface area contributed by atoms with Crippen LogP contribution in [0.25, 0.3) is 10.9 Å². The molecule has 0 spiro atoms. The zero-order chi connectivity index (χ0) is 17.1. The Morgan fingerprint density at radius 1 is 0.958 bits per heavy atom. The molecule has 7 heteroatoms. The van der Waals surface area contributed by atoms with Gasteiger partial charge in [-0.2, -0.15) is 0 Å². The highest BCUT2D eigenvalue weighted by molar-refractivity contribution is 9.10. The van der Waals surface area contributed by atoms with Gasteiger partial charge in [0.25, 0.3) is 11.8 Å². The molecule has 2 amide bonds. The van der Waals surface area contributed by atoms with Gasteiger partial charge in [-0.15, -0.1) is 0 Å². The number of hydrogen-bond donors (Lipinski definition) is 2. The normalized spacial score (nSPS) is 10.4. The predicted octanol–water partition coefficient (Wildman–Crippen LogP) is 3.21. The van der Waals surface area contributed by atoms with E-state index in [1.165, 1.54) is 12.1 Å². The Hall–Kier alpha value is -2.80. The van der Waals surface area contributed by atoms with Crippen molar-refractivity contribution in [3.8, 4) is 0 Å². The third-order valence-corrected chi connectivity index (χ3v) is 3.70. The van der Waals surface area contributed by atoms with Crippen LogP contribution in [0, 0.1) is 5.82 Å². The molecule has 0 bridgehead atoms. The Balaban J connectivity index is 1.71. The Labute approximate surface area is 145 Å². The summed E-state index contributed by atoms with van der Waals surface area (Å²) in [6.07, 6.45) is 0. The number of nitrogens with zero attached hydrogens (tertiary/aromatic N) is 1. The van der Waals surface area contributed by atoms with Crippen molar-refractivity contribution in [2.75, 3.05) is 0 Å². The van der Waals surface area contributed by atoms with Gasteiger partial charge in [0.2, 0.25) is 0 Å². The zero-order valence-electron chi connectivity index (χ0n) is 12.2. The number of hydrazine groups is 1. The molecule has 1 aromatic heterocycles. The van der Waals surface area contributed by atoms with Crippen LogP contribution >= 0.6 is 15.9 Å². The number of amides is 2. The highest BCUT2D eigenvalue weighted by Gasteiger charge is 2.12. The highest BCUT2D eigenvalue weighted by atomic mass is 79.9. The second kappa shape index (κ2) is 6.76. The van der Waals surface area contributed by atoms with E-state index in [0.29, 0.717) is 9.99 Å². The summed E-state index contributed by atoms with van der Waals surface area (Å²) in [4.78, 5) is 28.3. The molecule has 120 valence electrons. The fraction of sp³-hybridized carbons (Fsp3) is 0. The van der Waals surface area contributed by atoms with Crippen molar-refractivity contribution >= 4 is 38.6 Å². The molecule has 0 aliphatic carbocycles. The Morgan fingerprint density at radius 2 is 1.71 bits per heavy atom. The predicted molar refractivity (Wildman–Crippen MR) is 90.8 cm³/mol. The van der Waals surface area contributed by atoms with Crippen LogP contribution in [0.2, 0.25) is 0 Å². The van der Waals surface area contributed by atoms with E-state index in [2.05, 4.69) is 31.8 Å². The van der Waals surface area contributed by atoms with Gasteiger partial charge in [-0.25, -0.2) is 9.37 Å². The summed E-state index contributed by atoms with van der Waals surface area (Å²) in [7, 11) is 0. The first kappa shape index (κ1) is 16.1. The smallest absolute Gasteiger partial charge is 0.267 e. The van der Waals surface area contributed by atoms with Gasteiger partial charge >= 0.3 is 0 Å². The summed E-state index contributed by atoms with van der Waals surface area (Å²) in [6, 6.07) is 14.4. The lowest BCUT2D eigenvalue weighted by atomic mass is 10.2. The monoisotopic (exact) mass is 387 g/mol. The highest BCUT2D eigenvalue weighted by Crippen LogP contribution is 2.15. The molecule has 1 heterocycles. The van der Waals surface area contributed by atoms with Crippen molar-refractivity contribution in [2.24, 2.45) is 0 Å². The summed E-state index contributed by atoms with van der Waals surface area (Å²) in [6.45, 7) is 0. The van der Waals surface area contributed by atoms with E-state index >= 15 is 0 Å². The first-order valence-electron chi connectivity index (χ1n) is 6.95. The number of carbonyl (C=O) groups excluding carboxylic acids is 2. The minimum absolute atomic E-state index is 0.0774. The Bertz CT molecular complexity index is 926. The summed E-state index contributed by atoms with van der Waals surface area (Å²) >= 11 is 3.10. The number of nitrogens with one attached hydrogen (secondary N) is 2. The van der Waals surface area contributed by atoms with E-state index in [4.69, 9.17) is 0 Å². The Morgan fingerprint density at radius 3 is 2.50 bits per heavy atom. The number of aromatic nitrogens is 1. The van der Waals surface area contributed by atoms with Crippen LogP contribution in [0.15, 0.2) is 59.1 Å². The molecular weight excluding hydrogens is 377 g/mol. The van der Waals surface area contributed by atoms with Crippen LogP contribution in [0.4, 0.5) is 4.39 Å². The molecule has 3 aromatic rings. The van der Waals surface area contributed by atoms with Crippen LogP contribution in [0.5, 0.6) is 0 Å². The standard InChI is InChI=1S/C17H11BrFN3O2/c18-12-7-11(8-13(19)9-12)16(23)21-22-17(24)15-6-5-10-3-1-2-4-14(10)20-15/h1-9H,(H,21,23)(H,22,24). The lowest BCUT2D eigenvalue weighted by Crippen LogP contribution is -2.42. The molecule has 0 aliphatic heterocycles. The number of pyridine rings is 1. The summed E-state index contributed by atoms with van der Waals surface area (Å²) < 4.78 is 13.7. The van der Waals surface area contributed by atoms with Gasteiger partial charge in [0.15, 0.2) is 0 Å². The van der Waals surface area contributed by atoms with Crippen LogP contribution in [0.3, 0.4) is 0 Å². The number of hydrogen-bond acceptors (Lipinski definition) is 3. The topological polar surface area (TPSA) is 71.1 Å². The lowest BCUT2D eigenvalue weighted by Gasteiger charge is -2.08. The number of rotatable bonds is 2. The number of carbonyl (C=O) groups is 2. The molecule has 0 atom stereocenters. The number of halogens is 2. The number of fused-ring (bicyclic) bond motifs is 1. The van der Waals surface area contributed by atoms with Crippen molar-refractivity contribution in [1.29, 1.82) is 0 Å². The van der Waals surface area contributed by atoms with E-state index in [1.54, 1.807) is 18.2 Å². The van der Waals surface area contributed by atoms with Gasteiger partial charge < -0.3 is 0 Å². The van der Waals surface area contributed by atoms with Crippen molar-refractivity contribution in [1.82, 2.24) is 15.8 Å². The largest absolute Gasteiger partial charge is 0.288 e. The van der Waals surface area contributed by atoms with Crippen molar-refractivity contribution < 1.29 is 14.0 Å². The van der Waals surface area contributed by atoms with E-state index in [0.717, 1.165) is 11.5 Å². The van der Waals surface area contributed by atoms with Gasteiger partial charge in [-0.05, 0) is 30.3 Å². The fourth-order valence-electron chi connectivity index (χ4n) is 2.13. The van der Waals surface area contributed by atoms with Crippen LogP contribution in [0.1, 0.15) is 20.8 Å². The van der Waals surface area contributed by atoms with Gasteiger partial charge in [0.1, 0.15) is 11.5 Å². The van der Waals surface area contributed by atoms with Crippen LogP contribution < -0.4 is 10.9 Å². The first-order chi connectivity index (χ1) is 11.5. The van der Waals surface area contributed by atoms with Gasteiger partial charge in [-0.1, -0.05) is 40.2 Å². The quantitative estimate of drug-likeness (QED) is 0.663. The molecule has 2 N–H and O–H groups in total. The average molecular weight is 388 g/mol. The average Bonchev–Trinajstić information content (AvgIpc) is 2.58. The first-order valence-corrected chi connectivity index (χ1v) is 7.75. The van der Waals surface area contributed by atoms with E-state index in [9.17, 15) is 14.0 Å². The van der Waals surface area contributed by atoms with Gasteiger partial charge in [0.05, 0.1) is 5.52 Å². The summed E-state index contributed by atoms with van der Waals surface area (Å²) in [5, 5.41) is 0.905. The van der Waals surface area contributed by atoms with Crippen LogP contribution in [-0.2, 0) is 0 Å². The molecular formula is C17H11BrFN3O2. The minimum Gasteiger partial charge on any atom is -0.267 e. The van der Waals surface area contributed by atoms with Gasteiger partial charge in [-0.3, -0.25) is 20.4 Å². The number of benzene rings is 2. The third-order valence-electron chi connectivity index (χ3n) is 3.25. The third kappa shape index (κ3) is 3.57. The fourth-order valence-corrected chi connectivity index (χ4v) is 2.59. The van der Waals surface area contributed by atoms with Gasteiger partial charge in [0, 0.05) is 15.4 Å². The molecule has 24 heavy (non-hydrogen) atoms. The van der Waals surface area contributed by atoms with E-state index in [1.807, 2.05) is 18.2 Å². The second-order valence-electron chi connectivity index (χ2n) is 4.96. The molecule has 2 aromatic carbocycles. The molecule has 0 aliphatic rings. The Kier molecular flexibility index (Phi) is 4.52. The van der Waals surface area contributed by atoms with Crippen molar-refractivity contribution in [3.05, 3.63) is 76.1 Å². The minimum atomic E-state index is -0.635. The van der Waals surface area contributed by atoms with Crippen molar-refractivity contribution in [2.45, 2.75) is 0 Å². The maximum atomic E-state index is 13.3. The second-order valence-corrected chi connectivity index (χ2v) is 5.87. The zero-order valence-corrected chi connectivity index (χ0v) is 13.8. The van der Waals surface area contributed by atoms with Crippen molar-refractivity contribution in [3.63, 3.8) is 0 Å². The molecule has 0 fully saturated rings. The van der Waals surface area contributed by atoms with E-state index < -0.39 is 17.6 Å². The maximum Gasteiger partial charge on any atom is 0.288 e. The lowest BCUT2D eigenvalue weighted by molar-refractivity contribution is 0.0844. The molecule has 3 rings (SSSR count). The molecule has 0 unspecified atom stereocenters. The summed E-state index contributed by atoms with van der Waals surface area (Å²) in [5.41, 5.74) is 5.41.